The number of fused-ring (bicyclic) bond motifs is 3. The van der Waals surface area contributed by atoms with E-state index >= 15 is 0 Å². The Balaban J connectivity index is 1.62. The van der Waals surface area contributed by atoms with Crippen molar-refractivity contribution in [3.05, 3.63) is 81.3 Å². The third kappa shape index (κ3) is 2.51. The summed E-state index contributed by atoms with van der Waals surface area (Å²) in [6.07, 6.45) is 4.15. The molecule has 0 saturated carbocycles. The van der Waals surface area contributed by atoms with Gasteiger partial charge in [0.15, 0.2) is 0 Å². The summed E-state index contributed by atoms with van der Waals surface area (Å²) in [6.45, 7) is 0. The monoisotopic (exact) mass is 367 g/mol. The van der Waals surface area contributed by atoms with Crippen molar-refractivity contribution in [1.29, 1.82) is 0 Å². The van der Waals surface area contributed by atoms with E-state index in [0.29, 0.717) is 5.02 Å². The van der Waals surface area contributed by atoms with E-state index in [0.717, 1.165) is 29.0 Å². The van der Waals surface area contributed by atoms with Gasteiger partial charge >= 0.3 is 0 Å². The highest BCUT2D eigenvalue weighted by Crippen LogP contribution is 2.48. The molecule has 0 bridgehead atoms. The molecule has 1 aromatic carbocycles. The number of halogens is 1. The average molecular weight is 368 g/mol. The molecule has 0 aliphatic carbocycles. The summed E-state index contributed by atoms with van der Waals surface area (Å²) in [6, 6.07) is 14.1. The number of ether oxygens (including phenoxy) is 1. The number of thiophene rings is 1. The lowest BCUT2D eigenvalue weighted by molar-refractivity contribution is -0.0190. The zero-order chi connectivity index (χ0) is 16.8. The number of pyridine rings is 1. The summed E-state index contributed by atoms with van der Waals surface area (Å²) >= 11 is 7.95. The first-order chi connectivity index (χ1) is 12.3. The number of rotatable bonds is 2. The fraction of sp³-hybridized carbons (Fsp3) is 0.158. The summed E-state index contributed by atoms with van der Waals surface area (Å²) in [7, 11) is 0. The van der Waals surface area contributed by atoms with Crippen molar-refractivity contribution in [2.45, 2.75) is 18.7 Å². The van der Waals surface area contributed by atoms with Crippen LogP contribution in [0.5, 0.6) is 5.75 Å². The molecular formula is C19H14ClN3OS. The number of nitrogens with zero attached hydrogens (tertiary/aromatic N) is 3. The highest BCUT2D eigenvalue weighted by molar-refractivity contribution is 7.12. The zero-order valence-corrected chi connectivity index (χ0v) is 14.7. The molecule has 0 unspecified atom stereocenters. The fourth-order valence-electron chi connectivity index (χ4n) is 3.40. The minimum Gasteiger partial charge on any atom is -0.464 e. The Hall–Kier alpha value is -2.37. The van der Waals surface area contributed by atoms with Crippen molar-refractivity contribution in [3.8, 4) is 5.75 Å². The molecule has 124 valence electrons. The molecule has 0 saturated heterocycles. The van der Waals surface area contributed by atoms with Crippen molar-refractivity contribution in [3.63, 3.8) is 0 Å². The maximum Gasteiger partial charge on any atom is 0.213 e. The molecule has 0 N–H and O–H groups in total. The van der Waals surface area contributed by atoms with E-state index in [4.69, 9.17) is 21.4 Å². The zero-order valence-electron chi connectivity index (χ0n) is 13.2. The van der Waals surface area contributed by atoms with Crippen LogP contribution in [0.1, 0.15) is 34.7 Å². The van der Waals surface area contributed by atoms with Crippen molar-refractivity contribution in [1.82, 2.24) is 9.99 Å². The fourth-order valence-corrected chi connectivity index (χ4v) is 4.30. The molecule has 6 heteroatoms. The molecule has 2 atom stereocenters. The molecule has 0 spiro atoms. The second-order valence-corrected chi connectivity index (χ2v) is 7.44. The van der Waals surface area contributed by atoms with Crippen LogP contribution in [0.25, 0.3) is 0 Å². The lowest BCUT2D eigenvalue weighted by Crippen LogP contribution is -2.33. The van der Waals surface area contributed by atoms with Crippen LogP contribution in [0.4, 0.5) is 0 Å². The Bertz CT molecular complexity index is 943. The number of aromatic nitrogens is 1. The molecule has 4 heterocycles. The lowest BCUT2D eigenvalue weighted by Gasteiger charge is -2.38. The van der Waals surface area contributed by atoms with Gasteiger partial charge in [0.1, 0.15) is 5.75 Å². The summed E-state index contributed by atoms with van der Waals surface area (Å²) < 4.78 is 6.29. The van der Waals surface area contributed by atoms with Gasteiger partial charge < -0.3 is 4.74 Å². The molecule has 0 amide bonds. The first-order valence-electron chi connectivity index (χ1n) is 8.05. The van der Waals surface area contributed by atoms with Crippen LogP contribution >= 0.6 is 22.9 Å². The molecule has 3 aromatic rings. The number of hydrogen-bond acceptors (Lipinski definition) is 5. The smallest absolute Gasteiger partial charge is 0.213 e. The van der Waals surface area contributed by atoms with Gasteiger partial charge in [-0.15, -0.1) is 11.3 Å². The Morgan fingerprint density at radius 1 is 1.16 bits per heavy atom. The van der Waals surface area contributed by atoms with Gasteiger partial charge in [-0.25, -0.2) is 5.01 Å². The summed E-state index contributed by atoms with van der Waals surface area (Å²) in [5.41, 5.74) is 3.22. The first kappa shape index (κ1) is 14.9. The summed E-state index contributed by atoms with van der Waals surface area (Å²) in [5.74, 6) is 0.870. The number of hydrogen-bond donors (Lipinski definition) is 0. The molecule has 0 fully saturated rings. The van der Waals surface area contributed by atoms with Crippen molar-refractivity contribution < 1.29 is 4.74 Å². The maximum atomic E-state index is 6.29. The van der Waals surface area contributed by atoms with Crippen LogP contribution in [0.15, 0.2) is 65.3 Å². The normalized spacial score (nSPS) is 21.3. The van der Waals surface area contributed by atoms with E-state index in [2.05, 4.69) is 27.5 Å². The largest absolute Gasteiger partial charge is 0.464 e. The second kappa shape index (κ2) is 5.86. The van der Waals surface area contributed by atoms with E-state index in [1.807, 2.05) is 30.3 Å². The van der Waals surface area contributed by atoms with E-state index in [1.165, 1.54) is 4.88 Å². The Morgan fingerprint density at radius 2 is 2.04 bits per heavy atom. The molecule has 2 aliphatic rings. The van der Waals surface area contributed by atoms with Gasteiger partial charge in [0, 0.05) is 35.0 Å². The van der Waals surface area contributed by atoms with Gasteiger partial charge in [-0.2, -0.15) is 5.10 Å². The highest BCUT2D eigenvalue weighted by Gasteiger charge is 2.41. The Morgan fingerprint density at radius 3 is 2.84 bits per heavy atom. The Kier molecular flexibility index (Phi) is 3.50. The van der Waals surface area contributed by atoms with Gasteiger partial charge in [0.25, 0.3) is 0 Å². The van der Waals surface area contributed by atoms with E-state index in [1.54, 1.807) is 23.7 Å². The van der Waals surface area contributed by atoms with Gasteiger partial charge in [-0.05, 0) is 41.8 Å². The predicted molar refractivity (Wildman–Crippen MR) is 99.1 cm³/mol. The van der Waals surface area contributed by atoms with Crippen molar-refractivity contribution >= 4 is 28.6 Å². The molecule has 2 aliphatic heterocycles. The van der Waals surface area contributed by atoms with E-state index in [-0.39, 0.29) is 12.3 Å². The van der Waals surface area contributed by atoms with Crippen molar-refractivity contribution in [2.75, 3.05) is 0 Å². The molecule has 4 nitrogen and oxygen atoms in total. The minimum absolute atomic E-state index is 0.123. The molecule has 0 radical (unpaired) electrons. The molecular weight excluding hydrogens is 354 g/mol. The maximum absolute atomic E-state index is 6.29. The number of hydrazone groups is 1. The molecule has 2 aromatic heterocycles. The average Bonchev–Trinajstić information content (AvgIpc) is 3.31. The molecule has 5 rings (SSSR count). The first-order valence-corrected chi connectivity index (χ1v) is 9.31. The van der Waals surface area contributed by atoms with Crippen LogP contribution in [0.2, 0.25) is 5.02 Å². The van der Waals surface area contributed by atoms with Crippen LogP contribution in [-0.4, -0.2) is 15.7 Å². The molecule has 25 heavy (non-hydrogen) atoms. The van der Waals surface area contributed by atoms with Gasteiger partial charge in [0.05, 0.1) is 16.6 Å². The van der Waals surface area contributed by atoms with Crippen molar-refractivity contribution in [2.24, 2.45) is 5.10 Å². The SMILES string of the molecule is Clc1ccc2c(c1)[C@@H]1CC(c3cccs3)=NN1[C@@H](c1ccncc1)O2. The van der Waals surface area contributed by atoms with E-state index in [9.17, 15) is 0 Å². The van der Waals surface area contributed by atoms with Crippen LogP contribution in [0.3, 0.4) is 0 Å². The quantitative estimate of drug-likeness (QED) is 0.636. The third-order valence-corrected chi connectivity index (χ3v) is 5.70. The third-order valence-electron chi connectivity index (χ3n) is 4.55. The minimum atomic E-state index is -0.265. The topological polar surface area (TPSA) is 37.7 Å². The van der Waals surface area contributed by atoms with Crippen LogP contribution in [-0.2, 0) is 0 Å². The van der Waals surface area contributed by atoms with Gasteiger partial charge in [-0.3, -0.25) is 4.98 Å². The summed E-state index contributed by atoms with van der Waals surface area (Å²) in [5, 5.41) is 9.77. The number of benzene rings is 1. The standard InChI is InChI=1S/C19H14ClN3OS/c20-13-3-4-17-14(10-13)16-11-15(18-2-1-9-25-18)22-23(16)19(24-17)12-5-7-21-8-6-12/h1-10,16,19H,11H2/t16-,19+/m0/s1. The summed E-state index contributed by atoms with van der Waals surface area (Å²) in [4.78, 5) is 5.31. The van der Waals surface area contributed by atoms with Crippen LogP contribution < -0.4 is 4.74 Å². The predicted octanol–water partition coefficient (Wildman–Crippen LogP) is 5.04. The highest BCUT2D eigenvalue weighted by atomic mass is 35.5. The van der Waals surface area contributed by atoms with Crippen LogP contribution in [0, 0.1) is 0 Å². The van der Waals surface area contributed by atoms with Gasteiger partial charge in [-0.1, -0.05) is 17.7 Å². The Labute approximate surface area is 154 Å². The lowest BCUT2D eigenvalue weighted by atomic mass is 9.98. The van der Waals surface area contributed by atoms with Gasteiger partial charge in [0.2, 0.25) is 6.23 Å². The van der Waals surface area contributed by atoms with E-state index < -0.39 is 0 Å². The second-order valence-electron chi connectivity index (χ2n) is 6.06.